The number of hydrogen-bond acceptors (Lipinski definition) is 4. The zero-order chi connectivity index (χ0) is 13.8. The molecule has 2 aromatic rings. The molecule has 7 heteroatoms. The largest absolute Gasteiger partial charge is 0.357 e. The van der Waals surface area contributed by atoms with Gasteiger partial charge in [-0.3, -0.25) is 25.2 Å². The number of carbonyl (C=O) groups excluding carboxylic acids is 3. The second-order valence-corrected chi connectivity index (χ2v) is 4.80. The maximum Gasteiger partial charge on any atom is 0.286 e. The van der Waals surface area contributed by atoms with Crippen LogP contribution in [0.4, 0.5) is 0 Å². The molecule has 2 heterocycles. The van der Waals surface area contributed by atoms with Gasteiger partial charge in [0, 0.05) is 6.20 Å². The molecule has 2 rings (SSSR count). The molecule has 0 radical (unpaired) electrons. The number of aromatic nitrogens is 1. The molecule has 0 fully saturated rings. The Hall–Kier alpha value is -2.41. The Morgan fingerprint density at radius 1 is 1.05 bits per heavy atom. The minimum atomic E-state index is -0.461. The lowest BCUT2D eigenvalue weighted by molar-refractivity contribution is 0.0846. The first-order valence-electron chi connectivity index (χ1n) is 5.43. The maximum atomic E-state index is 11.7. The van der Waals surface area contributed by atoms with Crippen molar-refractivity contribution in [2.24, 2.45) is 0 Å². The van der Waals surface area contributed by atoms with Gasteiger partial charge in [-0.25, -0.2) is 0 Å². The zero-order valence-corrected chi connectivity index (χ0v) is 10.8. The van der Waals surface area contributed by atoms with Gasteiger partial charge in [-0.05, 0) is 31.2 Å². The number of nitrogens with one attached hydrogen (secondary N) is 3. The molecule has 2 aromatic heterocycles. The SMILES string of the molecule is CC(=O)c1ccc(C(=O)NNC(=O)c2ccc[nH]2)s1. The van der Waals surface area contributed by atoms with Crippen LogP contribution in [0.15, 0.2) is 30.5 Å². The molecule has 6 nitrogen and oxygen atoms in total. The van der Waals surface area contributed by atoms with Gasteiger partial charge in [0.1, 0.15) is 5.69 Å². The summed E-state index contributed by atoms with van der Waals surface area (Å²) < 4.78 is 0. The third-order valence-corrected chi connectivity index (χ3v) is 3.49. The lowest BCUT2D eigenvalue weighted by Gasteiger charge is -2.04. The summed E-state index contributed by atoms with van der Waals surface area (Å²) in [5, 5.41) is 0. The van der Waals surface area contributed by atoms with E-state index in [1.54, 1.807) is 24.4 Å². The minimum absolute atomic E-state index is 0.0977. The van der Waals surface area contributed by atoms with E-state index in [0.29, 0.717) is 15.4 Å². The molecule has 19 heavy (non-hydrogen) atoms. The van der Waals surface area contributed by atoms with Gasteiger partial charge >= 0.3 is 0 Å². The molecule has 0 aromatic carbocycles. The number of Topliss-reactive ketones (excluding diaryl/α,β-unsaturated/α-hetero) is 1. The van der Waals surface area contributed by atoms with Gasteiger partial charge < -0.3 is 4.98 Å². The van der Waals surface area contributed by atoms with Crippen LogP contribution in [0.2, 0.25) is 0 Å². The molecular formula is C12H11N3O3S. The standard InChI is InChI=1S/C12H11N3O3S/c1-7(16)9-4-5-10(19-9)12(18)15-14-11(17)8-3-2-6-13-8/h2-6,13H,1H3,(H,14,17)(H,15,18). The fourth-order valence-electron chi connectivity index (χ4n) is 1.36. The Morgan fingerprint density at radius 2 is 1.74 bits per heavy atom. The first-order chi connectivity index (χ1) is 9.08. The van der Waals surface area contributed by atoms with E-state index < -0.39 is 11.8 Å². The topological polar surface area (TPSA) is 91.1 Å². The normalized spacial score (nSPS) is 9.95. The van der Waals surface area contributed by atoms with Crippen LogP contribution >= 0.6 is 11.3 Å². The molecule has 0 aliphatic heterocycles. The fraction of sp³-hybridized carbons (Fsp3) is 0.0833. The molecule has 0 spiro atoms. The van der Waals surface area contributed by atoms with Crippen molar-refractivity contribution in [1.82, 2.24) is 15.8 Å². The van der Waals surface area contributed by atoms with Crippen molar-refractivity contribution < 1.29 is 14.4 Å². The number of thiophene rings is 1. The number of rotatable bonds is 3. The molecule has 0 saturated carbocycles. The molecule has 0 aliphatic rings. The summed E-state index contributed by atoms with van der Waals surface area (Å²) in [4.78, 5) is 37.9. The molecular weight excluding hydrogens is 266 g/mol. The van der Waals surface area contributed by atoms with Crippen LogP contribution in [0.3, 0.4) is 0 Å². The Balaban J connectivity index is 1.94. The van der Waals surface area contributed by atoms with Gasteiger partial charge in [0.15, 0.2) is 5.78 Å². The Bertz CT molecular complexity index is 616. The van der Waals surface area contributed by atoms with Crippen molar-refractivity contribution in [3.8, 4) is 0 Å². The van der Waals surface area contributed by atoms with Gasteiger partial charge in [-0.1, -0.05) is 0 Å². The second-order valence-electron chi connectivity index (χ2n) is 3.71. The summed E-state index contributed by atoms with van der Waals surface area (Å²) in [6, 6.07) is 6.38. The summed E-state index contributed by atoms with van der Waals surface area (Å²) in [6.07, 6.45) is 1.61. The van der Waals surface area contributed by atoms with Crippen molar-refractivity contribution in [3.05, 3.63) is 45.9 Å². The fourth-order valence-corrected chi connectivity index (χ4v) is 2.16. The van der Waals surface area contributed by atoms with Crippen LogP contribution in [0.5, 0.6) is 0 Å². The van der Waals surface area contributed by atoms with Crippen molar-refractivity contribution in [1.29, 1.82) is 0 Å². The lowest BCUT2D eigenvalue weighted by atomic mass is 10.3. The number of aromatic amines is 1. The molecule has 0 unspecified atom stereocenters. The number of H-pyrrole nitrogens is 1. The van der Waals surface area contributed by atoms with Crippen LogP contribution in [0, 0.1) is 0 Å². The van der Waals surface area contributed by atoms with E-state index in [0.717, 1.165) is 11.3 Å². The molecule has 0 bridgehead atoms. The highest BCUT2D eigenvalue weighted by Crippen LogP contribution is 2.16. The van der Waals surface area contributed by atoms with Gasteiger partial charge in [-0.15, -0.1) is 11.3 Å². The van der Waals surface area contributed by atoms with Crippen LogP contribution in [0.1, 0.15) is 36.8 Å². The van der Waals surface area contributed by atoms with E-state index in [4.69, 9.17) is 0 Å². The maximum absolute atomic E-state index is 11.7. The van der Waals surface area contributed by atoms with Gasteiger partial charge in [-0.2, -0.15) is 0 Å². The average Bonchev–Trinajstić information content (AvgIpc) is 3.05. The summed E-state index contributed by atoms with van der Waals surface area (Å²) in [5.74, 6) is -1.00. The number of hydrazine groups is 1. The van der Waals surface area contributed by atoms with Crippen LogP contribution < -0.4 is 10.9 Å². The van der Waals surface area contributed by atoms with Gasteiger partial charge in [0.05, 0.1) is 9.75 Å². The Labute approximate surface area is 112 Å². The summed E-state index contributed by atoms with van der Waals surface area (Å²) >= 11 is 1.08. The summed E-state index contributed by atoms with van der Waals surface area (Å²) in [5.41, 5.74) is 4.90. The van der Waals surface area contributed by atoms with E-state index in [-0.39, 0.29) is 5.78 Å². The molecule has 98 valence electrons. The van der Waals surface area contributed by atoms with E-state index in [2.05, 4.69) is 15.8 Å². The molecule has 3 N–H and O–H groups in total. The first kappa shape index (κ1) is 13.0. The van der Waals surface area contributed by atoms with Crippen molar-refractivity contribution in [3.63, 3.8) is 0 Å². The van der Waals surface area contributed by atoms with Crippen molar-refractivity contribution in [2.75, 3.05) is 0 Å². The minimum Gasteiger partial charge on any atom is -0.357 e. The van der Waals surface area contributed by atoms with Crippen LogP contribution in [0.25, 0.3) is 0 Å². The highest BCUT2D eigenvalue weighted by Gasteiger charge is 2.12. The quantitative estimate of drug-likeness (QED) is 0.584. The number of hydrogen-bond donors (Lipinski definition) is 3. The zero-order valence-electron chi connectivity index (χ0n) is 10.0. The van der Waals surface area contributed by atoms with Crippen molar-refractivity contribution in [2.45, 2.75) is 6.92 Å². The van der Waals surface area contributed by atoms with Gasteiger partial charge in [0.2, 0.25) is 0 Å². The third-order valence-electron chi connectivity index (χ3n) is 2.31. The van der Waals surface area contributed by atoms with E-state index in [1.807, 2.05) is 0 Å². The molecule has 2 amide bonds. The van der Waals surface area contributed by atoms with E-state index >= 15 is 0 Å². The number of amides is 2. The highest BCUT2D eigenvalue weighted by molar-refractivity contribution is 7.15. The Morgan fingerprint density at radius 3 is 2.32 bits per heavy atom. The predicted octanol–water partition coefficient (Wildman–Crippen LogP) is 1.35. The average molecular weight is 277 g/mol. The smallest absolute Gasteiger partial charge is 0.286 e. The highest BCUT2D eigenvalue weighted by atomic mass is 32.1. The van der Waals surface area contributed by atoms with Crippen molar-refractivity contribution >= 4 is 28.9 Å². The number of carbonyl (C=O) groups is 3. The predicted molar refractivity (Wildman–Crippen MR) is 70.0 cm³/mol. The van der Waals surface area contributed by atoms with E-state index in [9.17, 15) is 14.4 Å². The van der Waals surface area contributed by atoms with Crippen LogP contribution in [-0.4, -0.2) is 22.6 Å². The second kappa shape index (κ2) is 5.49. The molecule has 0 aliphatic carbocycles. The summed E-state index contributed by atoms with van der Waals surface area (Å²) in [6.45, 7) is 1.43. The van der Waals surface area contributed by atoms with E-state index in [1.165, 1.54) is 13.0 Å². The van der Waals surface area contributed by atoms with Crippen LogP contribution in [-0.2, 0) is 0 Å². The monoisotopic (exact) mass is 277 g/mol. The third kappa shape index (κ3) is 3.08. The van der Waals surface area contributed by atoms with Gasteiger partial charge in [0.25, 0.3) is 11.8 Å². The first-order valence-corrected chi connectivity index (χ1v) is 6.24. The molecule has 0 saturated heterocycles. The molecule has 0 atom stereocenters. The summed E-state index contributed by atoms with van der Waals surface area (Å²) in [7, 11) is 0. The lowest BCUT2D eigenvalue weighted by Crippen LogP contribution is -2.41. The Kier molecular flexibility index (Phi) is 3.76. The number of ketones is 1.